The van der Waals surface area contributed by atoms with Crippen molar-refractivity contribution in [3.63, 3.8) is 0 Å². The topological polar surface area (TPSA) is 35.5 Å². The second-order valence-electron chi connectivity index (χ2n) is 3.73. The van der Waals surface area contributed by atoms with E-state index in [4.69, 9.17) is 5.11 Å². The first kappa shape index (κ1) is 12.9. The summed E-state index contributed by atoms with van der Waals surface area (Å²) in [6.07, 6.45) is 3.15. The van der Waals surface area contributed by atoms with Crippen LogP contribution in [0.25, 0.3) is 0 Å². The highest BCUT2D eigenvalue weighted by Gasteiger charge is 2.03. The Morgan fingerprint density at radius 1 is 1.38 bits per heavy atom. The Bertz CT molecular complexity index is 107. The first-order chi connectivity index (χ1) is 6.20. The molecule has 0 bridgehead atoms. The number of nitrogens with zero attached hydrogens (tertiary/aromatic N) is 1. The maximum absolute atomic E-state index is 8.76. The van der Waals surface area contributed by atoms with Crippen molar-refractivity contribution < 1.29 is 5.11 Å². The quantitative estimate of drug-likeness (QED) is 0.550. The van der Waals surface area contributed by atoms with Gasteiger partial charge in [-0.1, -0.05) is 6.92 Å². The maximum atomic E-state index is 8.76. The van der Waals surface area contributed by atoms with Crippen molar-refractivity contribution in [1.82, 2.24) is 10.2 Å². The van der Waals surface area contributed by atoms with Crippen LogP contribution in [-0.4, -0.2) is 49.8 Å². The standard InChI is InChI=1S/C10H24N2O/c1-4-10(6-9-13)11-7-5-8-12(2)3/h10-11,13H,4-9H2,1-3H3. The summed E-state index contributed by atoms with van der Waals surface area (Å²) in [5.41, 5.74) is 0. The van der Waals surface area contributed by atoms with Gasteiger partial charge in [0.15, 0.2) is 0 Å². The average molecular weight is 188 g/mol. The molecule has 0 aliphatic heterocycles. The van der Waals surface area contributed by atoms with Crippen LogP contribution >= 0.6 is 0 Å². The van der Waals surface area contributed by atoms with E-state index in [0.717, 1.165) is 25.9 Å². The highest BCUT2D eigenvalue weighted by molar-refractivity contribution is 4.64. The van der Waals surface area contributed by atoms with Gasteiger partial charge in [0, 0.05) is 12.6 Å². The lowest BCUT2D eigenvalue weighted by Gasteiger charge is -2.16. The third-order valence-corrected chi connectivity index (χ3v) is 2.19. The first-order valence-corrected chi connectivity index (χ1v) is 5.19. The van der Waals surface area contributed by atoms with Gasteiger partial charge in [0.1, 0.15) is 0 Å². The van der Waals surface area contributed by atoms with Gasteiger partial charge in [-0.05, 0) is 46.4 Å². The Morgan fingerprint density at radius 3 is 2.54 bits per heavy atom. The average Bonchev–Trinajstić information content (AvgIpc) is 2.10. The Morgan fingerprint density at radius 2 is 2.08 bits per heavy atom. The molecule has 0 heterocycles. The highest BCUT2D eigenvalue weighted by atomic mass is 16.3. The SMILES string of the molecule is CCC(CCO)NCCCN(C)C. The molecule has 0 saturated heterocycles. The fourth-order valence-corrected chi connectivity index (χ4v) is 1.31. The zero-order chi connectivity index (χ0) is 10.1. The van der Waals surface area contributed by atoms with E-state index in [2.05, 4.69) is 31.2 Å². The lowest BCUT2D eigenvalue weighted by Crippen LogP contribution is -2.31. The number of aliphatic hydroxyl groups excluding tert-OH is 1. The maximum Gasteiger partial charge on any atom is 0.0445 e. The molecule has 80 valence electrons. The van der Waals surface area contributed by atoms with Crippen molar-refractivity contribution in [3.05, 3.63) is 0 Å². The number of aliphatic hydroxyl groups is 1. The summed E-state index contributed by atoms with van der Waals surface area (Å²) < 4.78 is 0. The van der Waals surface area contributed by atoms with Crippen LogP contribution in [0.4, 0.5) is 0 Å². The molecule has 0 aliphatic rings. The number of nitrogens with one attached hydrogen (secondary N) is 1. The Kier molecular flexibility index (Phi) is 8.40. The van der Waals surface area contributed by atoms with E-state index in [1.54, 1.807) is 0 Å². The van der Waals surface area contributed by atoms with Gasteiger partial charge in [-0.3, -0.25) is 0 Å². The Balaban J connectivity index is 3.27. The molecular weight excluding hydrogens is 164 g/mol. The van der Waals surface area contributed by atoms with Crippen LogP contribution in [0, 0.1) is 0 Å². The molecule has 0 radical (unpaired) electrons. The summed E-state index contributed by atoms with van der Waals surface area (Å²) in [7, 11) is 4.18. The van der Waals surface area contributed by atoms with Crippen molar-refractivity contribution in [1.29, 1.82) is 0 Å². The molecule has 0 saturated carbocycles. The molecule has 0 aromatic heterocycles. The lowest BCUT2D eigenvalue weighted by atomic mass is 10.1. The minimum absolute atomic E-state index is 0.291. The number of hydrogen-bond acceptors (Lipinski definition) is 3. The summed E-state index contributed by atoms with van der Waals surface area (Å²) in [6, 6.07) is 0.493. The molecule has 3 heteroatoms. The van der Waals surface area contributed by atoms with Crippen LogP contribution < -0.4 is 5.32 Å². The minimum Gasteiger partial charge on any atom is -0.396 e. The van der Waals surface area contributed by atoms with Gasteiger partial charge >= 0.3 is 0 Å². The van der Waals surface area contributed by atoms with Crippen LogP contribution in [-0.2, 0) is 0 Å². The smallest absolute Gasteiger partial charge is 0.0445 e. The zero-order valence-corrected chi connectivity index (χ0v) is 9.21. The summed E-state index contributed by atoms with van der Waals surface area (Å²) in [5.74, 6) is 0. The fourth-order valence-electron chi connectivity index (χ4n) is 1.31. The number of hydrogen-bond donors (Lipinski definition) is 2. The molecule has 1 atom stereocenters. The van der Waals surface area contributed by atoms with E-state index < -0.39 is 0 Å². The number of rotatable bonds is 8. The van der Waals surface area contributed by atoms with Gasteiger partial charge in [0.2, 0.25) is 0 Å². The van der Waals surface area contributed by atoms with Crippen molar-refractivity contribution in [2.45, 2.75) is 32.2 Å². The largest absolute Gasteiger partial charge is 0.396 e. The summed E-state index contributed by atoms with van der Waals surface area (Å²) >= 11 is 0. The van der Waals surface area contributed by atoms with Gasteiger partial charge in [-0.15, -0.1) is 0 Å². The van der Waals surface area contributed by atoms with Crippen LogP contribution in [0.1, 0.15) is 26.2 Å². The molecule has 0 aliphatic carbocycles. The van der Waals surface area contributed by atoms with E-state index in [0.29, 0.717) is 12.6 Å². The molecule has 0 aromatic carbocycles. The summed E-state index contributed by atoms with van der Waals surface area (Å²) in [4.78, 5) is 2.19. The fraction of sp³-hybridized carbons (Fsp3) is 1.00. The summed E-state index contributed by atoms with van der Waals surface area (Å²) in [5, 5.41) is 12.2. The van der Waals surface area contributed by atoms with Crippen LogP contribution in [0.5, 0.6) is 0 Å². The third-order valence-electron chi connectivity index (χ3n) is 2.19. The van der Waals surface area contributed by atoms with Crippen LogP contribution in [0.2, 0.25) is 0 Å². The molecule has 0 aromatic rings. The van der Waals surface area contributed by atoms with Crippen molar-refractivity contribution in [2.75, 3.05) is 33.8 Å². The minimum atomic E-state index is 0.291. The molecule has 0 amide bonds. The van der Waals surface area contributed by atoms with E-state index in [1.165, 1.54) is 6.42 Å². The second kappa shape index (κ2) is 8.48. The molecule has 0 fully saturated rings. The van der Waals surface area contributed by atoms with Gasteiger partial charge < -0.3 is 15.3 Å². The zero-order valence-electron chi connectivity index (χ0n) is 9.21. The van der Waals surface area contributed by atoms with Crippen molar-refractivity contribution in [3.8, 4) is 0 Å². The van der Waals surface area contributed by atoms with E-state index in [9.17, 15) is 0 Å². The molecule has 0 rings (SSSR count). The molecule has 13 heavy (non-hydrogen) atoms. The third kappa shape index (κ3) is 8.22. The second-order valence-corrected chi connectivity index (χ2v) is 3.73. The van der Waals surface area contributed by atoms with Crippen LogP contribution in [0.3, 0.4) is 0 Å². The van der Waals surface area contributed by atoms with E-state index in [-0.39, 0.29) is 0 Å². The summed E-state index contributed by atoms with van der Waals surface area (Å²) in [6.45, 7) is 4.62. The van der Waals surface area contributed by atoms with Gasteiger partial charge in [0.05, 0.1) is 0 Å². The molecule has 0 spiro atoms. The van der Waals surface area contributed by atoms with E-state index in [1.807, 2.05) is 0 Å². The normalized spacial score (nSPS) is 13.6. The van der Waals surface area contributed by atoms with Crippen LogP contribution in [0.15, 0.2) is 0 Å². The lowest BCUT2D eigenvalue weighted by molar-refractivity contribution is 0.261. The monoisotopic (exact) mass is 188 g/mol. The Labute approximate surface area is 82.1 Å². The van der Waals surface area contributed by atoms with Gasteiger partial charge in [-0.25, -0.2) is 0 Å². The molecule has 2 N–H and O–H groups in total. The molecule has 1 unspecified atom stereocenters. The van der Waals surface area contributed by atoms with Gasteiger partial charge in [0.25, 0.3) is 0 Å². The van der Waals surface area contributed by atoms with Gasteiger partial charge in [-0.2, -0.15) is 0 Å². The first-order valence-electron chi connectivity index (χ1n) is 5.19. The molecular formula is C10H24N2O. The Hall–Kier alpha value is -0.120. The van der Waals surface area contributed by atoms with Crippen molar-refractivity contribution >= 4 is 0 Å². The van der Waals surface area contributed by atoms with E-state index >= 15 is 0 Å². The highest BCUT2D eigenvalue weighted by Crippen LogP contribution is 1.96. The van der Waals surface area contributed by atoms with Crippen molar-refractivity contribution in [2.24, 2.45) is 0 Å². The predicted octanol–water partition coefficient (Wildman–Crippen LogP) is 0.689. The predicted molar refractivity (Wildman–Crippen MR) is 57.0 cm³/mol. The molecule has 3 nitrogen and oxygen atoms in total.